The summed E-state index contributed by atoms with van der Waals surface area (Å²) in [4.78, 5) is 27.5. The number of carbonyl (C=O) groups is 2. The molecule has 4 rings (SSSR count). The maximum atomic E-state index is 13.4. The molecule has 13 heteroatoms. The zero-order chi connectivity index (χ0) is 30.3. The van der Waals surface area contributed by atoms with Gasteiger partial charge >= 0.3 is 6.18 Å². The summed E-state index contributed by atoms with van der Waals surface area (Å²) in [5.41, 5.74) is 0.529. The average molecular weight is 619 g/mol. The number of anilines is 1. The monoisotopic (exact) mass is 618 g/mol. The predicted octanol–water partition coefficient (Wildman–Crippen LogP) is 6.61. The van der Waals surface area contributed by atoms with Crippen molar-refractivity contribution in [1.29, 1.82) is 0 Å². The van der Waals surface area contributed by atoms with Gasteiger partial charge < -0.3 is 19.7 Å². The number of rotatable bonds is 11. The van der Waals surface area contributed by atoms with Gasteiger partial charge in [0.15, 0.2) is 11.5 Å². The summed E-state index contributed by atoms with van der Waals surface area (Å²) in [6.07, 6.45) is -4.37. The molecule has 0 bridgehead atoms. The molecule has 0 radical (unpaired) electrons. The summed E-state index contributed by atoms with van der Waals surface area (Å²) in [5.74, 6) is -0.0250. The van der Waals surface area contributed by atoms with Crippen LogP contribution in [0.4, 0.5) is 18.3 Å². The standard InChI is InChI=1S/C29H26ClF3N4O4S/c1-40-23-11-6-18(16-24(23)41-2)12-14-37(27(39)20-4-3-5-21(17-20)29(31,32)33)15-13-25(38)34-28-36-35-26(42-28)19-7-9-22(30)10-8-19/h3-11,16-17H,12-15H2,1-2H3,(H,34,36,38). The maximum absolute atomic E-state index is 13.4. The van der Waals surface area contributed by atoms with Gasteiger partial charge in [-0.05, 0) is 54.4 Å². The second-order valence-electron chi connectivity index (χ2n) is 9.03. The zero-order valence-electron chi connectivity index (χ0n) is 22.6. The van der Waals surface area contributed by atoms with Gasteiger partial charge in [-0.3, -0.25) is 9.59 Å². The fraction of sp³-hybridized carbons (Fsp3) is 0.241. The number of aromatic nitrogens is 2. The highest BCUT2D eigenvalue weighted by atomic mass is 35.5. The number of nitrogens with one attached hydrogen (secondary N) is 1. The summed E-state index contributed by atoms with van der Waals surface area (Å²) in [7, 11) is 3.01. The van der Waals surface area contributed by atoms with E-state index in [0.717, 1.165) is 23.3 Å². The third kappa shape index (κ3) is 7.98. The molecular formula is C29H26ClF3N4O4S. The number of ether oxygens (including phenoxy) is 2. The van der Waals surface area contributed by atoms with Crippen LogP contribution in [0.25, 0.3) is 10.6 Å². The smallest absolute Gasteiger partial charge is 0.416 e. The van der Waals surface area contributed by atoms with Crippen molar-refractivity contribution in [2.75, 3.05) is 32.6 Å². The highest BCUT2D eigenvalue weighted by Gasteiger charge is 2.31. The van der Waals surface area contributed by atoms with Gasteiger partial charge in [-0.15, -0.1) is 10.2 Å². The van der Waals surface area contributed by atoms with Gasteiger partial charge in [0.1, 0.15) is 5.01 Å². The minimum atomic E-state index is -4.60. The number of hydrogen-bond acceptors (Lipinski definition) is 7. The highest BCUT2D eigenvalue weighted by molar-refractivity contribution is 7.18. The molecule has 0 unspecified atom stereocenters. The van der Waals surface area contributed by atoms with Gasteiger partial charge in [-0.1, -0.05) is 47.2 Å². The quantitative estimate of drug-likeness (QED) is 0.203. The van der Waals surface area contributed by atoms with Crippen LogP contribution >= 0.6 is 22.9 Å². The first-order chi connectivity index (χ1) is 20.1. The Balaban J connectivity index is 1.47. The number of hydrogen-bond donors (Lipinski definition) is 1. The zero-order valence-corrected chi connectivity index (χ0v) is 24.1. The Morgan fingerprint density at radius 1 is 0.952 bits per heavy atom. The third-order valence-electron chi connectivity index (χ3n) is 6.21. The van der Waals surface area contributed by atoms with E-state index in [0.29, 0.717) is 28.0 Å². The van der Waals surface area contributed by atoms with Crippen molar-refractivity contribution in [1.82, 2.24) is 15.1 Å². The van der Waals surface area contributed by atoms with Crippen LogP contribution in [0.1, 0.15) is 27.9 Å². The topological polar surface area (TPSA) is 93.6 Å². The van der Waals surface area contributed by atoms with Crippen molar-refractivity contribution in [3.63, 3.8) is 0 Å². The van der Waals surface area contributed by atoms with Gasteiger partial charge in [0.2, 0.25) is 11.0 Å². The first-order valence-corrected chi connectivity index (χ1v) is 13.8. The summed E-state index contributed by atoms with van der Waals surface area (Å²) in [5, 5.41) is 12.2. The van der Waals surface area contributed by atoms with E-state index < -0.39 is 23.6 Å². The lowest BCUT2D eigenvalue weighted by atomic mass is 10.1. The molecular weight excluding hydrogens is 593 g/mol. The molecule has 2 amide bonds. The summed E-state index contributed by atoms with van der Waals surface area (Å²) >= 11 is 7.10. The number of carbonyl (C=O) groups excluding carboxylic acids is 2. The second-order valence-corrected chi connectivity index (χ2v) is 10.4. The van der Waals surface area contributed by atoms with Gasteiger partial charge in [-0.25, -0.2) is 0 Å². The van der Waals surface area contributed by atoms with Crippen molar-refractivity contribution in [2.45, 2.75) is 19.0 Å². The minimum absolute atomic E-state index is 0.0446. The van der Waals surface area contributed by atoms with Crippen LogP contribution in [0.2, 0.25) is 5.02 Å². The van der Waals surface area contributed by atoms with Crippen LogP contribution < -0.4 is 14.8 Å². The Morgan fingerprint density at radius 3 is 2.38 bits per heavy atom. The Morgan fingerprint density at radius 2 is 1.69 bits per heavy atom. The van der Waals surface area contributed by atoms with Crippen molar-refractivity contribution in [2.24, 2.45) is 0 Å². The molecule has 4 aromatic rings. The van der Waals surface area contributed by atoms with Crippen molar-refractivity contribution < 1.29 is 32.2 Å². The van der Waals surface area contributed by atoms with Crippen LogP contribution in [0.5, 0.6) is 11.5 Å². The van der Waals surface area contributed by atoms with Gasteiger partial charge in [-0.2, -0.15) is 13.2 Å². The molecule has 220 valence electrons. The Kier molecular flexibility index (Phi) is 10.0. The van der Waals surface area contributed by atoms with Crippen molar-refractivity contribution >= 4 is 39.9 Å². The van der Waals surface area contributed by atoms with E-state index >= 15 is 0 Å². The fourth-order valence-corrected chi connectivity index (χ4v) is 4.92. The van der Waals surface area contributed by atoms with E-state index in [1.165, 1.54) is 42.6 Å². The number of amides is 2. The molecule has 0 aliphatic heterocycles. The maximum Gasteiger partial charge on any atom is 0.416 e. The van der Waals surface area contributed by atoms with E-state index in [9.17, 15) is 22.8 Å². The predicted molar refractivity (Wildman–Crippen MR) is 154 cm³/mol. The lowest BCUT2D eigenvalue weighted by Gasteiger charge is -2.23. The largest absolute Gasteiger partial charge is 0.493 e. The lowest BCUT2D eigenvalue weighted by molar-refractivity contribution is -0.137. The van der Waals surface area contributed by atoms with Crippen molar-refractivity contribution in [3.05, 3.63) is 88.4 Å². The molecule has 1 heterocycles. The first-order valence-electron chi connectivity index (χ1n) is 12.6. The molecule has 0 spiro atoms. The molecule has 0 aliphatic rings. The number of halogens is 4. The SMILES string of the molecule is COc1ccc(CCN(CCC(=O)Nc2nnc(-c3ccc(Cl)cc3)s2)C(=O)c2cccc(C(F)(F)F)c2)cc1OC. The van der Waals surface area contributed by atoms with E-state index in [2.05, 4.69) is 15.5 Å². The van der Waals surface area contributed by atoms with E-state index in [1.54, 1.807) is 42.5 Å². The number of methoxy groups -OCH3 is 2. The summed E-state index contributed by atoms with van der Waals surface area (Å²) in [6.45, 7) is 0.0917. The first kappa shape index (κ1) is 30.8. The van der Waals surface area contributed by atoms with E-state index in [4.69, 9.17) is 21.1 Å². The van der Waals surface area contributed by atoms with E-state index in [1.807, 2.05) is 0 Å². The molecule has 0 saturated heterocycles. The number of nitrogens with zero attached hydrogens (tertiary/aromatic N) is 3. The molecule has 0 atom stereocenters. The van der Waals surface area contributed by atoms with E-state index in [-0.39, 0.29) is 30.2 Å². The molecule has 0 aliphatic carbocycles. The van der Waals surface area contributed by atoms with Crippen LogP contribution in [0.15, 0.2) is 66.7 Å². The molecule has 0 saturated carbocycles. The lowest BCUT2D eigenvalue weighted by Crippen LogP contribution is -2.35. The number of alkyl halides is 3. The second kappa shape index (κ2) is 13.7. The molecule has 8 nitrogen and oxygen atoms in total. The van der Waals surface area contributed by atoms with Crippen LogP contribution in [-0.4, -0.2) is 54.2 Å². The minimum Gasteiger partial charge on any atom is -0.493 e. The van der Waals surface area contributed by atoms with Gasteiger partial charge in [0.25, 0.3) is 5.91 Å². The Hall–Kier alpha value is -4.16. The Bertz CT molecular complexity index is 1550. The molecule has 1 aromatic heterocycles. The van der Waals surface area contributed by atoms with Crippen LogP contribution in [0.3, 0.4) is 0 Å². The normalized spacial score (nSPS) is 11.2. The summed E-state index contributed by atoms with van der Waals surface area (Å²) in [6, 6.07) is 16.5. The number of benzene rings is 3. The average Bonchev–Trinajstić information content (AvgIpc) is 3.45. The van der Waals surface area contributed by atoms with Crippen molar-refractivity contribution in [3.8, 4) is 22.1 Å². The molecule has 1 N–H and O–H groups in total. The molecule has 42 heavy (non-hydrogen) atoms. The fourth-order valence-electron chi connectivity index (χ4n) is 4.03. The van der Waals surface area contributed by atoms with Crippen LogP contribution in [-0.2, 0) is 17.4 Å². The molecule has 3 aromatic carbocycles. The Labute approximate surface area is 249 Å². The molecule has 0 fully saturated rings. The van der Waals surface area contributed by atoms with Gasteiger partial charge in [0, 0.05) is 35.7 Å². The van der Waals surface area contributed by atoms with Gasteiger partial charge in [0.05, 0.1) is 19.8 Å². The summed E-state index contributed by atoms with van der Waals surface area (Å²) < 4.78 is 50.5. The van der Waals surface area contributed by atoms with Crippen LogP contribution in [0, 0.1) is 0 Å². The third-order valence-corrected chi connectivity index (χ3v) is 7.35. The highest BCUT2D eigenvalue weighted by Crippen LogP contribution is 2.31.